The number of aliphatic carboxylic acids is 1. The molecule has 0 spiro atoms. The smallest absolute Gasteiger partial charge is 0.389 e. The molecule has 2 N–H and O–H groups in total. The van der Waals surface area contributed by atoms with Crippen LogP contribution in [0.4, 0.5) is 13.2 Å². The first-order valence-corrected chi connectivity index (χ1v) is 12.0. The Kier molecular flexibility index (Phi) is 8.61. The molecule has 1 atom stereocenters. The Bertz CT molecular complexity index is 1150. The van der Waals surface area contributed by atoms with Gasteiger partial charge in [-0.3, -0.25) is 9.59 Å². The summed E-state index contributed by atoms with van der Waals surface area (Å²) in [6.07, 6.45) is -5.49. The zero-order valence-corrected chi connectivity index (χ0v) is 19.5. The zero-order valence-electron chi connectivity index (χ0n) is 18.7. The topological polar surface area (TPSA) is 66.4 Å². The van der Waals surface area contributed by atoms with Crippen molar-refractivity contribution in [1.82, 2.24) is 5.32 Å². The van der Waals surface area contributed by atoms with E-state index < -0.39 is 30.4 Å². The van der Waals surface area contributed by atoms with Crippen LogP contribution in [-0.2, 0) is 4.79 Å². The van der Waals surface area contributed by atoms with Crippen molar-refractivity contribution in [2.45, 2.75) is 43.2 Å². The average Bonchev–Trinajstić information content (AvgIpc) is 2.79. The number of thioether (sulfide) groups is 1. The number of alkyl halides is 3. The van der Waals surface area contributed by atoms with Gasteiger partial charge in [-0.2, -0.15) is 13.2 Å². The predicted octanol–water partition coefficient (Wildman–Crippen LogP) is 6.63. The van der Waals surface area contributed by atoms with Crippen LogP contribution in [0, 0.1) is 0 Å². The average molecular weight is 490 g/mol. The minimum absolute atomic E-state index is 0.000305. The maximum atomic E-state index is 13.1. The summed E-state index contributed by atoms with van der Waals surface area (Å²) in [4.78, 5) is 23.9. The summed E-state index contributed by atoms with van der Waals surface area (Å²) in [7, 11) is 0. The molecule has 0 saturated carbocycles. The Labute approximate surface area is 200 Å². The van der Waals surface area contributed by atoms with Crippen molar-refractivity contribution >= 4 is 34.4 Å². The van der Waals surface area contributed by atoms with Crippen LogP contribution in [0.2, 0.25) is 0 Å². The first-order chi connectivity index (χ1) is 16.2. The van der Waals surface area contributed by atoms with Gasteiger partial charge in [0.05, 0.1) is 6.42 Å². The Morgan fingerprint density at radius 2 is 1.62 bits per heavy atom. The largest absolute Gasteiger partial charge is 0.481 e. The summed E-state index contributed by atoms with van der Waals surface area (Å²) < 4.78 is 39.2. The van der Waals surface area contributed by atoms with Gasteiger partial charge >= 0.3 is 12.1 Å². The lowest BCUT2D eigenvalue weighted by atomic mass is 9.86. The molecule has 0 bridgehead atoms. The van der Waals surface area contributed by atoms with E-state index in [1.54, 1.807) is 36.0 Å². The first-order valence-electron chi connectivity index (χ1n) is 11.0. The Hall–Kier alpha value is -3.00. The van der Waals surface area contributed by atoms with Gasteiger partial charge in [0.2, 0.25) is 0 Å². The number of nitrogens with one attached hydrogen (secondary N) is 1. The maximum absolute atomic E-state index is 13.1. The molecule has 4 nitrogen and oxygen atoms in total. The van der Waals surface area contributed by atoms with E-state index in [0.29, 0.717) is 11.1 Å². The van der Waals surface area contributed by atoms with Crippen LogP contribution >= 0.6 is 11.8 Å². The van der Waals surface area contributed by atoms with Crippen LogP contribution in [0.3, 0.4) is 0 Å². The molecule has 0 aliphatic heterocycles. The molecule has 0 saturated heterocycles. The van der Waals surface area contributed by atoms with Crippen molar-refractivity contribution in [1.29, 1.82) is 0 Å². The lowest BCUT2D eigenvalue weighted by molar-refractivity contribution is -0.137. The molecule has 180 valence electrons. The highest BCUT2D eigenvalue weighted by molar-refractivity contribution is 7.99. The lowest BCUT2D eigenvalue weighted by Gasteiger charge is -2.20. The fourth-order valence-corrected chi connectivity index (χ4v) is 4.51. The van der Waals surface area contributed by atoms with E-state index in [2.05, 4.69) is 18.3 Å². The molecule has 0 fully saturated rings. The number of hydrogen-bond donors (Lipinski definition) is 2. The number of carbonyl (C=O) groups is 2. The van der Waals surface area contributed by atoms with E-state index in [-0.39, 0.29) is 19.4 Å². The number of fused-ring (bicyclic) bond motifs is 1. The van der Waals surface area contributed by atoms with Gasteiger partial charge in [0, 0.05) is 29.3 Å². The standard InChI is InChI=1S/C26H26F3NO3S/c1-2-34-22-10-9-19-15-21(8-7-20(19)16-22)23(11-13-26(27,28)29)17-3-5-18(6-4-17)25(33)30-14-12-24(31)32/h3-10,15-16,23H,2,11-14H2,1H3,(H,30,33)(H,31,32). The van der Waals surface area contributed by atoms with E-state index in [9.17, 15) is 22.8 Å². The van der Waals surface area contributed by atoms with Gasteiger partial charge in [-0.1, -0.05) is 43.3 Å². The molecule has 3 aromatic carbocycles. The summed E-state index contributed by atoms with van der Waals surface area (Å²) in [6.45, 7) is 2.08. The molecule has 1 amide bonds. The van der Waals surface area contributed by atoms with Gasteiger partial charge in [0.15, 0.2) is 0 Å². The van der Waals surface area contributed by atoms with Crippen LogP contribution < -0.4 is 5.32 Å². The number of rotatable bonds is 10. The molecule has 8 heteroatoms. The zero-order chi connectivity index (χ0) is 24.7. The summed E-state index contributed by atoms with van der Waals surface area (Å²) in [6, 6.07) is 18.3. The molecular formula is C26H26F3NO3S. The van der Waals surface area contributed by atoms with Gasteiger partial charge in [0.1, 0.15) is 0 Å². The SMILES string of the molecule is CCSc1ccc2cc(C(CCC(F)(F)F)c3ccc(C(=O)NCCC(=O)O)cc3)ccc2c1. The van der Waals surface area contributed by atoms with Gasteiger partial charge in [-0.15, -0.1) is 11.8 Å². The van der Waals surface area contributed by atoms with Crippen LogP contribution in [0.5, 0.6) is 0 Å². The second-order valence-electron chi connectivity index (χ2n) is 7.93. The maximum Gasteiger partial charge on any atom is 0.389 e. The van der Waals surface area contributed by atoms with E-state index in [4.69, 9.17) is 5.11 Å². The molecule has 0 radical (unpaired) electrons. The molecule has 0 aromatic heterocycles. The number of benzene rings is 3. The minimum Gasteiger partial charge on any atom is -0.481 e. The molecule has 34 heavy (non-hydrogen) atoms. The normalized spacial score (nSPS) is 12.5. The van der Waals surface area contributed by atoms with Gasteiger partial charge in [0.25, 0.3) is 5.91 Å². The molecule has 0 aliphatic rings. The Balaban J connectivity index is 1.86. The summed E-state index contributed by atoms with van der Waals surface area (Å²) in [5, 5.41) is 13.2. The number of hydrogen-bond acceptors (Lipinski definition) is 3. The molecule has 3 aromatic rings. The van der Waals surface area contributed by atoms with E-state index in [1.807, 2.05) is 30.3 Å². The predicted molar refractivity (Wildman–Crippen MR) is 129 cm³/mol. The van der Waals surface area contributed by atoms with Crippen LogP contribution in [-0.4, -0.2) is 35.5 Å². The molecule has 1 unspecified atom stereocenters. The highest BCUT2D eigenvalue weighted by atomic mass is 32.2. The fraction of sp³-hybridized carbons (Fsp3) is 0.308. The quantitative estimate of drug-likeness (QED) is 0.314. The van der Waals surface area contributed by atoms with E-state index in [0.717, 1.165) is 27.0 Å². The minimum atomic E-state index is -4.27. The Morgan fingerprint density at radius 1 is 0.971 bits per heavy atom. The lowest BCUT2D eigenvalue weighted by Crippen LogP contribution is -2.25. The summed E-state index contributed by atoms with van der Waals surface area (Å²) in [5.41, 5.74) is 1.79. The highest BCUT2D eigenvalue weighted by Crippen LogP contribution is 2.35. The van der Waals surface area contributed by atoms with Crippen molar-refractivity contribution in [3.8, 4) is 0 Å². The third kappa shape index (κ3) is 7.25. The van der Waals surface area contributed by atoms with Crippen molar-refractivity contribution in [2.75, 3.05) is 12.3 Å². The number of carbonyl (C=O) groups excluding carboxylic acids is 1. The third-order valence-corrected chi connectivity index (χ3v) is 6.34. The summed E-state index contributed by atoms with van der Waals surface area (Å²) >= 11 is 1.73. The van der Waals surface area contributed by atoms with Crippen LogP contribution in [0.15, 0.2) is 65.6 Å². The van der Waals surface area contributed by atoms with Crippen LogP contribution in [0.1, 0.15) is 53.6 Å². The van der Waals surface area contributed by atoms with Crippen LogP contribution in [0.25, 0.3) is 10.8 Å². The van der Waals surface area contributed by atoms with Crippen molar-refractivity contribution in [3.05, 3.63) is 77.4 Å². The van der Waals surface area contributed by atoms with Gasteiger partial charge < -0.3 is 10.4 Å². The number of carboxylic acids is 1. The number of carboxylic acid groups (broad SMARTS) is 1. The number of halogens is 3. The molecule has 0 heterocycles. The molecular weight excluding hydrogens is 463 g/mol. The second-order valence-corrected chi connectivity index (χ2v) is 9.27. The molecule has 3 rings (SSSR count). The summed E-state index contributed by atoms with van der Waals surface area (Å²) in [5.74, 6) is -0.971. The number of amides is 1. The molecule has 0 aliphatic carbocycles. The Morgan fingerprint density at radius 3 is 2.26 bits per heavy atom. The second kappa shape index (κ2) is 11.4. The van der Waals surface area contributed by atoms with E-state index in [1.165, 1.54) is 0 Å². The van der Waals surface area contributed by atoms with Crippen molar-refractivity contribution in [2.24, 2.45) is 0 Å². The highest BCUT2D eigenvalue weighted by Gasteiger charge is 2.29. The van der Waals surface area contributed by atoms with Crippen molar-refractivity contribution < 1.29 is 27.9 Å². The monoisotopic (exact) mass is 489 g/mol. The van der Waals surface area contributed by atoms with Gasteiger partial charge in [-0.05, 0) is 58.3 Å². The van der Waals surface area contributed by atoms with E-state index >= 15 is 0 Å². The third-order valence-electron chi connectivity index (χ3n) is 5.47. The first kappa shape index (κ1) is 25.6. The van der Waals surface area contributed by atoms with Crippen molar-refractivity contribution in [3.63, 3.8) is 0 Å². The fourth-order valence-electron chi connectivity index (χ4n) is 3.80. The van der Waals surface area contributed by atoms with Gasteiger partial charge in [-0.25, -0.2) is 0 Å².